The predicted molar refractivity (Wildman–Crippen MR) is 68.9 cm³/mol. The number of allylic oxidation sites excluding steroid dienone is 1. The average Bonchev–Trinajstić information content (AvgIpc) is 2.14. The monoisotopic (exact) mass is 240 g/mol. The Labute approximate surface area is 104 Å². The van der Waals surface area contributed by atoms with Crippen molar-refractivity contribution in [1.29, 1.82) is 0 Å². The van der Waals surface area contributed by atoms with Crippen molar-refractivity contribution >= 4 is 11.8 Å². The number of hydrogen-bond donors (Lipinski definition) is 1. The average molecular weight is 240 g/mol. The third-order valence-corrected chi connectivity index (χ3v) is 2.94. The minimum absolute atomic E-state index is 0.104. The molecule has 0 aromatic heterocycles. The predicted octanol–water partition coefficient (Wildman–Crippen LogP) is 3.44. The number of hydrogen-bond acceptors (Lipinski definition) is 2. The van der Waals surface area contributed by atoms with E-state index in [4.69, 9.17) is 5.11 Å². The summed E-state index contributed by atoms with van der Waals surface area (Å²) < 4.78 is 0. The zero-order valence-corrected chi connectivity index (χ0v) is 11.2. The number of ketones is 1. The molecule has 0 amide bonds. The van der Waals surface area contributed by atoms with Gasteiger partial charge in [0.05, 0.1) is 0 Å². The van der Waals surface area contributed by atoms with Gasteiger partial charge >= 0.3 is 5.97 Å². The maximum atomic E-state index is 11.4. The van der Waals surface area contributed by atoms with Crippen LogP contribution in [0.1, 0.15) is 52.9 Å². The van der Waals surface area contributed by atoms with E-state index in [1.807, 2.05) is 19.9 Å². The van der Waals surface area contributed by atoms with Crippen molar-refractivity contribution in [2.45, 2.75) is 52.9 Å². The van der Waals surface area contributed by atoms with Crippen LogP contribution in [0.25, 0.3) is 0 Å². The van der Waals surface area contributed by atoms with Crippen LogP contribution >= 0.6 is 0 Å². The largest absolute Gasteiger partial charge is 0.481 e. The Balaban J connectivity index is 3.98. The van der Waals surface area contributed by atoms with Crippen LogP contribution in [0.2, 0.25) is 0 Å². The number of aliphatic carboxylic acids is 1. The minimum Gasteiger partial charge on any atom is -0.481 e. The third-order valence-electron chi connectivity index (χ3n) is 2.94. The third kappa shape index (κ3) is 8.66. The Bertz CT molecular complexity index is 279. The van der Waals surface area contributed by atoms with Crippen molar-refractivity contribution in [2.75, 3.05) is 0 Å². The summed E-state index contributed by atoms with van der Waals surface area (Å²) in [6, 6.07) is 0. The van der Waals surface area contributed by atoms with Crippen LogP contribution in [0.3, 0.4) is 0 Å². The molecule has 0 bridgehead atoms. The second-order valence-corrected chi connectivity index (χ2v) is 5.56. The summed E-state index contributed by atoms with van der Waals surface area (Å²) >= 11 is 0. The molecule has 0 saturated heterocycles. The lowest BCUT2D eigenvalue weighted by atomic mass is 9.81. The van der Waals surface area contributed by atoms with Crippen molar-refractivity contribution in [3.8, 4) is 0 Å². The van der Waals surface area contributed by atoms with E-state index >= 15 is 0 Å². The molecule has 1 unspecified atom stereocenters. The maximum absolute atomic E-state index is 11.4. The van der Waals surface area contributed by atoms with Crippen LogP contribution in [0.4, 0.5) is 0 Å². The van der Waals surface area contributed by atoms with Gasteiger partial charge < -0.3 is 5.11 Å². The molecule has 0 spiro atoms. The molecule has 3 heteroatoms. The fraction of sp³-hybridized carbons (Fsp3) is 0.714. The standard InChI is InChI=1S/C14H24O3/c1-5-11(2)7-6-8-14(3,4)10-12(15)9-13(16)17/h5,11H,1,6-10H2,2-4H3,(H,16,17). The van der Waals surface area contributed by atoms with E-state index < -0.39 is 5.97 Å². The highest BCUT2D eigenvalue weighted by Crippen LogP contribution is 2.29. The van der Waals surface area contributed by atoms with Crippen LogP contribution in [0, 0.1) is 11.3 Å². The molecule has 1 N–H and O–H groups in total. The van der Waals surface area contributed by atoms with Gasteiger partial charge in [0.2, 0.25) is 0 Å². The zero-order chi connectivity index (χ0) is 13.5. The molecule has 0 saturated carbocycles. The van der Waals surface area contributed by atoms with E-state index in [2.05, 4.69) is 13.5 Å². The smallest absolute Gasteiger partial charge is 0.310 e. The van der Waals surface area contributed by atoms with Crippen LogP contribution in [-0.4, -0.2) is 16.9 Å². The summed E-state index contributed by atoms with van der Waals surface area (Å²) in [5.41, 5.74) is -0.104. The highest BCUT2D eigenvalue weighted by atomic mass is 16.4. The normalized spacial score (nSPS) is 13.1. The number of carbonyl (C=O) groups is 2. The van der Waals surface area contributed by atoms with Crippen molar-refractivity contribution in [2.24, 2.45) is 11.3 Å². The van der Waals surface area contributed by atoms with Crippen LogP contribution < -0.4 is 0 Å². The Morgan fingerprint density at radius 3 is 2.47 bits per heavy atom. The van der Waals surface area contributed by atoms with Crippen LogP contribution in [0.15, 0.2) is 12.7 Å². The topological polar surface area (TPSA) is 54.4 Å². The van der Waals surface area contributed by atoms with E-state index in [1.54, 1.807) is 0 Å². The lowest BCUT2D eigenvalue weighted by Crippen LogP contribution is -2.19. The SMILES string of the molecule is C=CC(C)CCCC(C)(C)CC(=O)CC(=O)O. The lowest BCUT2D eigenvalue weighted by molar-refractivity contribution is -0.140. The van der Waals surface area contributed by atoms with Crippen LogP contribution in [-0.2, 0) is 9.59 Å². The molecule has 17 heavy (non-hydrogen) atoms. The number of Topliss-reactive ketones (excluding diaryl/α,β-unsaturated/α-hetero) is 1. The van der Waals surface area contributed by atoms with Crippen molar-refractivity contribution < 1.29 is 14.7 Å². The van der Waals surface area contributed by atoms with Crippen LogP contribution in [0.5, 0.6) is 0 Å². The molecule has 0 heterocycles. The molecule has 0 aromatic carbocycles. The van der Waals surface area contributed by atoms with E-state index in [1.165, 1.54) is 0 Å². The van der Waals surface area contributed by atoms with Gasteiger partial charge in [0.1, 0.15) is 12.2 Å². The molecule has 3 nitrogen and oxygen atoms in total. The van der Waals surface area contributed by atoms with Gasteiger partial charge in [0.25, 0.3) is 0 Å². The molecule has 0 fully saturated rings. The minimum atomic E-state index is -1.04. The van der Waals surface area contributed by atoms with Gasteiger partial charge in [-0.05, 0) is 24.2 Å². The van der Waals surface area contributed by atoms with Crippen molar-refractivity contribution in [3.63, 3.8) is 0 Å². The number of rotatable bonds is 9. The Morgan fingerprint density at radius 1 is 1.41 bits per heavy atom. The van der Waals surface area contributed by atoms with E-state index in [9.17, 15) is 9.59 Å². The Morgan fingerprint density at radius 2 is 2.00 bits per heavy atom. The second kappa shape index (κ2) is 7.25. The maximum Gasteiger partial charge on any atom is 0.310 e. The van der Waals surface area contributed by atoms with E-state index in [-0.39, 0.29) is 17.6 Å². The fourth-order valence-corrected chi connectivity index (χ4v) is 1.87. The van der Waals surface area contributed by atoms with E-state index in [0.29, 0.717) is 12.3 Å². The summed E-state index contributed by atoms with van der Waals surface area (Å²) in [5, 5.41) is 8.53. The summed E-state index contributed by atoms with van der Waals surface area (Å²) in [7, 11) is 0. The number of carboxylic acids is 1. The highest BCUT2D eigenvalue weighted by Gasteiger charge is 2.22. The molecule has 0 aliphatic heterocycles. The quantitative estimate of drug-likeness (QED) is 0.496. The molecule has 0 aromatic rings. The lowest BCUT2D eigenvalue weighted by Gasteiger charge is -2.23. The molecule has 0 rings (SSSR count). The Hall–Kier alpha value is -1.12. The van der Waals surface area contributed by atoms with Gasteiger partial charge in [0.15, 0.2) is 0 Å². The van der Waals surface area contributed by atoms with Gasteiger partial charge in [-0.3, -0.25) is 9.59 Å². The van der Waals surface area contributed by atoms with Gasteiger partial charge in [-0.2, -0.15) is 0 Å². The molecular formula is C14H24O3. The first-order valence-electron chi connectivity index (χ1n) is 6.13. The molecule has 0 aliphatic carbocycles. The molecular weight excluding hydrogens is 216 g/mol. The molecule has 1 atom stereocenters. The fourth-order valence-electron chi connectivity index (χ4n) is 1.87. The van der Waals surface area contributed by atoms with Gasteiger partial charge in [-0.15, -0.1) is 6.58 Å². The number of carboxylic acid groups (broad SMARTS) is 1. The van der Waals surface area contributed by atoms with Crippen molar-refractivity contribution in [3.05, 3.63) is 12.7 Å². The van der Waals surface area contributed by atoms with Gasteiger partial charge in [0, 0.05) is 6.42 Å². The molecule has 98 valence electrons. The first-order chi connectivity index (χ1) is 7.76. The first-order valence-corrected chi connectivity index (χ1v) is 6.13. The zero-order valence-electron chi connectivity index (χ0n) is 11.2. The summed E-state index contributed by atoms with van der Waals surface area (Å²) in [6.07, 6.45) is 4.98. The molecule has 0 radical (unpaired) electrons. The van der Waals surface area contributed by atoms with Gasteiger partial charge in [-0.25, -0.2) is 0 Å². The summed E-state index contributed by atoms with van der Waals surface area (Å²) in [5.74, 6) is -0.717. The first kappa shape index (κ1) is 15.9. The Kier molecular flexibility index (Phi) is 6.78. The molecule has 0 aliphatic rings. The van der Waals surface area contributed by atoms with Gasteiger partial charge in [-0.1, -0.05) is 33.3 Å². The number of carbonyl (C=O) groups excluding carboxylic acids is 1. The summed E-state index contributed by atoms with van der Waals surface area (Å²) in [6.45, 7) is 9.90. The second-order valence-electron chi connectivity index (χ2n) is 5.56. The van der Waals surface area contributed by atoms with E-state index in [0.717, 1.165) is 19.3 Å². The highest BCUT2D eigenvalue weighted by molar-refractivity contribution is 5.94. The van der Waals surface area contributed by atoms with Crippen molar-refractivity contribution in [1.82, 2.24) is 0 Å². The summed E-state index contributed by atoms with van der Waals surface area (Å²) in [4.78, 5) is 21.8.